The molecule has 0 fully saturated rings. The Bertz CT molecular complexity index is 954. The smallest absolute Gasteiger partial charge is 0.221 e. The maximum Gasteiger partial charge on any atom is 0.221 e. The summed E-state index contributed by atoms with van der Waals surface area (Å²) in [5, 5.41) is 4.88. The van der Waals surface area contributed by atoms with Crippen LogP contribution in [-0.4, -0.2) is 17.6 Å². The highest BCUT2D eigenvalue weighted by atomic mass is 32.1. The van der Waals surface area contributed by atoms with Crippen LogP contribution in [0.15, 0.2) is 58.9 Å². The number of amides is 1. The molecule has 1 amide bonds. The third-order valence-corrected chi connectivity index (χ3v) is 4.78. The number of hydrogen-bond donors (Lipinski definition) is 1. The molecule has 6 heteroatoms. The Kier molecular flexibility index (Phi) is 5.53. The molecule has 0 atom stereocenters. The number of ether oxygens (including phenoxy) is 1. The Morgan fingerprint density at radius 3 is 2.42 bits per heavy atom. The zero-order valence-electron chi connectivity index (χ0n) is 15.0. The quantitative estimate of drug-likeness (QED) is 0.725. The van der Waals surface area contributed by atoms with Crippen molar-refractivity contribution in [2.75, 3.05) is 12.4 Å². The SMILES string of the molecule is CCn1c(-c2ccc(OC)cc2)csc1=Nc1ccc(NC(C)=O)cc1. The fraction of sp³-hybridized carbons (Fsp3) is 0.200. The van der Waals surface area contributed by atoms with Gasteiger partial charge in [0, 0.05) is 24.5 Å². The number of thiazole rings is 1. The van der Waals surface area contributed by atoms with Crippen LogP contribution in [-0.2, 0) is 11.3 Å². The van der Waals surface area contributed by atoms with Gasteiger partial charge in [-0.05, 0) is 61.0 Å². The lowest BCUT2D eigenvalue weighted by Gasteiger charge is -2.07. The van der Waals surface area contributed by atoms with Crippen LogP contribution in [0.1, 0.15) is 13.8 Å². The van der Waals surface area contributed by atoms with E-state index >= 15 is 0 Å². The maximum atomic E-state index is 11.1. The molecule has 0 aliphatic rings. The van der Waals surface area contributed by atoms with Crippen LogP contribution >= 0.6 is 11.3 Å². The van der Waals surface area contributed by atoms with Crippen LogP contribution in [0, 0.1) is 0 Å². The summed E-state index contributed by atoms with van der Waals surface area (Å²) in [6.07, 6.45) is 0. The molecule has 134 valence electrons. The highest BCUT2D eigenvalue weighted by Crippen LogP contribution is 2.23. The summed E-state index contributed by atoms with van der Waals surface area (Å²) in [6, 6.07) is 15.5. The number of aromatic nitrogens is 1. The molecule has 0 saturated heterocycles. The van der Waals surface area contributed by atoms with Gasteiger partial charge in [-0.3, -0.25) is 4.79 Å². The standard InChI is InChI=1S/C20H21N3O2S/c1-4-23-19(15-5-11-18(25-3)12-6-15)13-26-20(23)22-17-9-7-16(8-10-17)21-14(2)24/h5-13H,4H2,1-3H3,(H,21,24). The Morgan fingerprint density at radius 1 is 1.15 bits per heavy atom. The number of nitrogens with zero attached hydrogens (tertiary/aromatic N) is 2. The monoisotopic (exact) mass is 367 g/mol. The number of nitrogens with one attached hydrogen (secondary N) is 1. The van der Waals surface area contributed by atoms with E-state index < -0.39 is 0 Å². The number of carbonyl (C=O) groups excluding carboxylic acids is 1. The molecule has 3 aromatic rings. The van der Waals surface area contributed by atoms with Crippen molar-refractivity contribution >= 4 is 28.6 Å². The van der Waals surface area contributed by atoms with Crippen molar-refractivity contribution in [3.63, 3.8) is 0 Å². The minimum Gasteiger partial charge on any atom is -0.497 e. The second-order valence-corrected chi connectivity index (χ2v) is 6.55. The number of rotatable bonds is 5. The first kappa shape index (κ1) is 17.9. The molecule has 1 aromatic heterocycles. The normalized spacial score (nSPS) is 11.4. The van der Waals surface area contributed by atoms with E-state index in [4.69, 9.17) is 9.73 Å². The Morgan fingerprint density at radius 2 is 1.85 bits per heavy atom. The Labute approximate surface area is 156 Å². The number of carbonyl (C=O) groups is 1. The summed E-state index contributed by atoms with van der Waals surface area (Å²) in [5.41, 5.74) is 3.88. The van der Waals surface area contributed by atoms with Gasteiger partial charge in [0.05, 0.1) is 18.5 Å². The summed E-state index contributed by atoms with van der Waals surface area (Å²) in [5.74, 6) is 0.761. The van der Waals surface area contributed by atoms with Crippen LogP contribution < -0.4 is 14.9 Å². The van der Waals surface area contributed by atoms with Crippen LogP contribution in [0.4, 0.5) is 11.4 Å². The van der Waals surface area contributed by atoms with Gasteiger partial charge in [-0.2, -0.15) is 0 Å². The third-order valence-electron chi connectivity index (χ3n) is 3.91. The molecule has 2 aromatic carbocycles. The van der Waals surface area contributed by atoms with Crippen molar-refractivity contribution in [1.29, 1.82) is 0 Å². The maximum absolute atomic E-state index is 11.1. The van der Waals surface area contributed by atoms with Gasteiger partial charge in [0.2, 0.25) is 5.91 Å². The average Bonchev–Trinajstić information content (AvgIpc) is 3.05. The van der Waals surface area contributed by atoms with E-state index in [-0.39, 0.29) is 5.91 Å². The molecule has 0 aliphatic carbocycles. The lowest BCUT2D eigenvalue weighted by Crippen LogP contribution is -2.14. The second-order valence-electron chi connectivity index (χ2n) is 5.72. The van der Waals surface area contributed by atoms with Crippen LogP contribution in [0.5, 0.6) is 5.75 Å². The van der Waals surface area contributed by atoms with Crippen LogP contribution in [0.2, 0.25) is 0 Å². The summed E-state index contributed by atoms with van der Waals surface area (Å²) >= 11 is 1.61. The van der Waals surface area contributed by atoms with E-state index in [9.17, 15) is 4.79 Å². The van der Waals surface area contributed by atoms with Crippen LogP contribution in [0.25, 0.3) is 11.3 Å². The molecule has 5 nitrogen and oxygen atoms in total. The number of benzene rings is 2. The van der Waals surface area contributed by atoms with Gasteiger partial charge in [0.15, 0.2) is 4.80 Å². The van der Waals surface area contributed by atoms with Gasteiger partial charge < -0.3 is 14.6 Å². The predicted molar refractivity (Wildman–Crippen MR) is 106 cm³/mol. The van der Waals surface area contributed by atoms with Crippen LogP contribution in [0.3, 0.4) is 0 Å². The Hall–Kier alpha value is -2.86. The van der Waals surface area contributed by atoms with Gasteiger partial charge in [0.1, 0.15) is 5.75 Å². The molecular formula is C20H21N3O2S. The molecule has 0 spiro atoms. The molecule has 0 saturated carbocycles. The van der Waals surface area contributed by atoms with Gasteiger partial charge in [-0.25, -0.2) is 4.99 Å². The minimum absolute atomic E-state index is 0.0825. The first-order chi connectivity index (χ1) is 12.6. The minimum atomic E-state index is -0.0825. The van der Waals surface area contributed by atoms with E-state index in [0.717, 1.165) is 39.7 Å². The van der Waals surface area contributed by atoms with Gasteiger partial charge in [0.25, 0.3) is 0 Å². The van der Waals surface area contributed by atoms with Gasteiger partial charge in [-0.1, -0.05) is 0 Å². The van der Waals surface area contributed by atoms with Crippen molar-refractivity contribution < 1.29 is 9.53 Å². The topological polar surface area (TPSA) is 55.6 Å². The van der Waals surface area contributed by atoms with E-state index in [2.05, 4.69) is 34.3 Å². The van der Waals surface area contributed by atoms with Crippen molar-refractivity contribution in [2.24, 2.45) is 4.99 Å². The molecule has 3 rings (SSSR count). The van der Waals surface area contributed by atoms with Gasteiger partial charge in [-0.15, -0.1) is 11.3 Å². The number of methoxy groups -OCH3 is 1. The Balaban J connectivity index is 1.94. The van der Waals surface area contributed by atoms with E-state index in [1.54, 1.807) is 18.4 Å². The fourth-order valence-corrected chi connectivity index (χ4v) is 3.64. The molecular weight excluding hydrogens is 346 g/mol. The van der Waals surface area contributed by atoms with Crippen molar-refractivity contribution in [2.45, 2.75) is 20.4 Å². The van der Waals surface area contributed by atoms with Crippen molar-refractivity contribution in [3.05, 3.63) is 58.7 Å². The summed E-state index contributed by atoms with van der Waals surface area (Å²) in [4.78, 5) is 16.8. The fourth-order valence-electron chi connectivity index (χ4n) is 2.65. The zero-order valence-corrected chi connectivity index (χ0v) is 15.8. The van der Waals surface area contributed by atoms with E-state index in [1.165, 1.54) is 6.92 Å². The molecule has 1 N–H and O–H groups in total. The zero-order chi connectivity index (χ0) is 18.5. The molecule has 1 heterocycles. The molecule has 0 bridgehead atoms. The largest absolute Gasteiger partial charge is 0.497 e. The predicted octanol–water partition coefficient (Wildman–Crippen LogP) is 4.44. The molecule has 0 aliphatic heterocycles. The highest BCUT2D eigenvalue weighted by Gasteiger charge is 2.07. The lowest BCUT2D eigenvalue weighted by atomic mass is 10.1. The molecule has 26 heavy (non-hydrogen) atoms. The molecule has 0 radical (unpaired) electrons. The van der Waals surface area contributed by atoms with E-state index in [0.29, 0.717) is 0 Å². The van der Waals surface area contributed by atoms with Gasteiger partial charge >= 0.3 is 0 Å². The highest BCUT2D eigenvalue weighted by molar-refractivity contribution is 7.07. The first-order valence-corrected chi connectivity index (χ1v) is 9.24. The summed E-state index contributed by atoms with van der Waals surface area (Å²) in [7, 11) is 1.67. The number of hydrogen-bond acceptors (Lipinski definition) is 4. The number of anilines is 1. The van der Waals surface area contributed by atoms with Crippen molar-refractivity contribution in [1.82, 2.24) is 4.57 Å². The average molecular weight is 367 g/mol. The van der Waals surface area contributed by atoms with Crippen molar-refractivity contribution in [3.8, 4) is 17.0 Å². The summed E-state index contributed by atoms with van der Waals surface area (Å²) in [6.45, 7) is 4.43. The lowest BCUT2D eigenvalue weighted by molar-refractivity contribution is -0.114. The second kappa shape index (κ2) is 8.01. The van der Waals surface area contributed by atoms with E-state index in [1.807, 2.05) is 36.4 Å². The molecule has 0 unspecified atom stereocenters. The third kappa shape index (κ3) is 4.03. The summed E-state index contributed by atoms with van der Waals surface area (Å²) < 4.78 is 7.42. The first-order valence-electron chi connectivity index (χ1n) is 8.36.